The van der Waals surface area contributed by atoms with Gasteiger partial charge in [-0.15, -0.1) is 0 Å². The predicted molar refractivity (Wildman–Crippen MR) is 154 cm³/mol. The summed E-state index contributed by atoms with van der Waals surface area (Å²) in [6.07, 6.45) is 5.19. The van der Waals surface area contributed by atoms with Crippen LogP contribution in [-0.4, -0.2) is 115 Å². The van der Waals surface area contributed by atoms with E-state index in [1.165, 1.54) is 0 Å². The van der Waals surface area contributed by atoms with Crippen LogP contribution in [0.5, 0.6) is 17.2 Å². The number of urea groups is 1. The molecular formula is C30H46N4O7. The highest BCUT2D eigenvalue weighted by Gasteiger charge is 2.48. The van der Waals surface area contributed by atoms with Crippen LogP contribution in [0.15, 0.2) is 12.1 Å². The van der Waals surface area contributed by atoms with Crippen molar-refractivity contribution in [1.29, 1.82) is 0 Å². The van der Waals surface area contributed by atoms with Gasteiger partial charge in [-0.2, -0.15) is 0 Å². The minimum Gasteiger partial charge on any atom is -0.493 e. The van der Waals surface area contributed by atoms with Crippen molar-refractivity contribution in [3.8, 4) is 17.2 Å². The van der Waals surface area contributed by atoms with Crippen molar-refractivity contribution >= 4 is 17.9 Å². The van der Waals surface area contributed by atoms with Crippen molar-refractivity contribution in [2.24, 2.45) is 5.92 Å². The van der Waals surface area contributed by atoms with E-state index in [4.69, 9.17) is 14.2 Å². The molecule has 0 saturated carbocycles. The number of hydrogen-bond donors (Lipinski definition) is 1. The van der Waals surface area contributed by atoms with E-state index >= 15 is 0 Å². The fourth-order valence-corrected chi connectivity index (χ4v) is 6.31. The number of carboxylic acids is 1. The Morgan fingerprint density at radius 3 is 2.51 bits per heavy atom. The molecule has 0 aromatic heterocycles. The molecule has 2 saturated heterocycles. The molecule has 1 aromatic carbocycles. The van der Waals surface area contributed by atoms with Crippen LogP contribution in [0.2, 0.25) is 0 Å². The highest BCUT2D eigenvalue weighted by molar-refractivity contribution is 5.79. The summed E-state index contributed by atoms with van der Waals surface area (Å²) >= 11 is 0. The lowest BCUT2D eigenvalue weighted by molar-refractivity contribution is -0.144. The molecule has 11 nitrogen and oxygen atoms in total. The van der Waals surface area contributed by atoms with Crippen LogP contribution in [0.1, 0.15) is 63.9 Å². The van der Waals surface area contributed by atoms with E-state index in [-0.39, 0.29) is 25.3 Å². The summed E-state index contributed by atoms with van der Waals surface area (Å²) in [4.78, 5) is 46.8. The number of rotatable bonds is 14. The monoisotopic (exact) mass is 574 g/mol. The second kappa shape index (κ2) is 14.1. The molecule has 1 aromatic rings. The summed E-state index contributed by atoms with van der Waals surface area (Å²) in [5.41, 5.74) is 0.779. The summed E-state index contributed by atoms with van der Waals surface area (Å²) in [6.45, 7) is 8.06. The van der Waals surface area contributed by atoms with Crippen LogP contribution < -0.4 is 14.2 Å². The average molecular weight is 575 g/mol. The first kappa shape index (κ1) is 30.7. The van der Waals surface area contributed by atoms with Crippen LogP contribution in [0.3, 0.4) is 0 Å². The largest absolute Gasteiger partial charge is 0.493 e. The lowest BCUT2D eigenvalue weighted by Gasteiger charge is -2.35. The van der Waals surface area contributed by atoms with Gasteiger partial charge in [0.05, 0.1) is 19.6 Å². The summed E-state index contributed by atoms with van der Waals surface area (Å²) in [6, 6.07) is 3.21. The Bertz CT molecular complexity index is 1080. The summed E-state index contributed by atoms with van der Waals surface area (Å²) in [5.74, 6) is -0.515. The molecule has 228 valence electrons. The van der Waals surface area contributed by atoms with Crippen molar-refractivity contribution in [3.63, 3.8) is 0 Å². The van der Waals surface area contributed by atoms with Crippen LogP contribution >= 0.6 is 0 Å². The highest BCUT2D eigenvalue weighted by Crippen LogP contribution is 2.47. The number of carbonyl (C=O) groups is 3. The molecule has 3 aliphatic heterocycles. The number of hydrogen-bond acceptors (Lipinski definition) is 7. The van der Waals surface area contributed by atoms with Crippen LogP contribution in [0, 0.1) is 5.92 Å². The predicted octanol–water partition coefficient (Wildman–Crippen LogP) is 3.47. The molecule has 0 aliphatic carbocycles. The molecule has 3 amide bonds. The molecule has 3 heterocycles. The quantitative estimate of drug-likeness (QED) is 0.360. The number of carbonyl (C=O) groups excluding carboxylic acids is 2. The van der Waals surface area contributed by atoms with Gasteiger partial charge in [0.25, 0.3) is 0 Å². The van der Waals surface area contributed by atoms with Crippen molar-refractivity contribution in [2.45, 2.75) is 64.3 Å². The topological polar surface area (TPSA) is 112 Å². The second-order valence-corrected chi connectivity index (χ2v) is 11.3. The molecule has 0 radical (unpaired) electrons. The average Bonchev–Trinajstić information content (AvgIpc) is 3.58. The van der Waals surface area contributed by atoms with Gasteiger partial charge in [0, 0.05) is 58.3 Å². The molecule has 2 fully saturated rings. The van der Waals surface area contributed by atoms with Gasteiger partial charge in [-0.05, 0) is 43.4 Å². The molecule has 3 aliphatic rings. The fourth-order valence-electron chi connectivity index (χ4n) is 6.31. The zero-order valence-electron chi connectivity index (χ0n) is 25.0. The number of amides is 3. The van der Waals surface area contributed by atoms with Gasteiger partial charge < -0.3 is 34.0 Å². The Morgan fingerprint density at radius 1 is 1.12 bits per heavy atom. The Balaban J connectivity index is 1.62. The maximum Gasteiger partial charge on any atom is 0.319 e. The molecular weight excluding hydrogens is 528 g/mol. The molecule has 11 heteroatoms. The molecule has 3 atom stereocenters. The van der Waals surface area contributed by atoms with E-state index < -0.39 is 23.8 Å². The van der Waals surface area contributed by atoms with Crippen LogP contribution in [0.25, 0.3) is 0 Å². The van der Waals surface area contributed by atoms with E-state index in [0.717, 1.165) is 44.2 Å². The Kier molecular flexibility index (Phi) is 10.6. The van der Waals surface area contributed by atoms with E-state index in [1.807, 2.05) is 21.9 Å². The SMILES string of the molecule is CCCCN(CCCC)C(=O)CN1C[C@H](c2cc(OC)c3c(c2)OCO3)[C@@H](C(=O)O)[C@@H]1CCN1CCCN(C)C1=O. The molecule has 0 spiro atoms. The lowest BCUT2D eigenvalue weighted by Crippen LogP contribution is -2.50. The van der Waals surface area contributed by atoms with Gasteiger partial charge in [0.1, 0.15) is 0 Å². The van der Waals surface area contributed by atoms with Gasteiger partial charge in [-0.1, -0.05) is 26.7 Å². The molecule has 0 unspecified atom stereocenters. The number of methoxy groups -OCH3 is 1. The number of aliphatic carboxylic acids is 1. The number of carboxylic acid groups (broad SMARTS) is 1. The molecule has 41 heavy (non-hydrogen) atoms. The second-order valence-electron chi connectivity index (χ2n) is 11.3. The van der Waals surface area contributed by atoms with Crippen molar-refractivity contribution in [2.75, 3.05) is 66.8 Å². The first-order chi connectivity index (χ1) is 19.8. The first-order valence-corrected chi connectivity index (χ1v) is 15.0. The number of fused-ring (bicyclic) bond motifs is 1. The highest BCUT2D eigenvalue weighted by atomic mass is 16.7. The standard InChI is InChI=1S/C30H46N4O7/c1-5-7-12-32(13-8-6-2)26(35)19-34-18-22(21-16-24(39-4)28-25(17-21)40-20-41-28)27(29(36)37)23(34)10-15-33-14-9-11-31(3)30(33)38/h16-17,22-23,27H,5-15,18-20H2,1-4H3,(H,36,37)/t22-,23+,27-/m1/s1. The maximum absolute atomic E-state index is 13.6. The van der Waals surface area contributed by atoms with Gasteiger partial charge in [0.2, 0.25) is 18.4 Å². The van der Waals surface area contributed by atoms with E-state index in [0.29, 0.717) is 56.4 Å². The fraction of sp³-hybridized carbons (Fsp3) is 0.700. The number of nitrogens with zero attached hydrogens (tertiary/aromatic N) is 4. The summed E-state index contributed by atoms with van der Waals surface area (Å²) in [5, 5.41) is 10.6. The van der Waals surface area contributed by atoms with E-state index in [1.54, 1.807) is 24.0 Å². The minimum absolute atomic E-state index is 0.0266. The summed E-state index contributed by atoms with van der Waals surface area (Å²) < 4.78 is 16.7. The third kappa shape index (κ3) is 6.99. The maximum atomic E-state index is 13.6. The zero-order valence-corrected chi connectivity index (χ0v) is 25.0. The van der Waals surface area contributed by atoms with Crippen LogP contribution in [-0.2, 0) is 9.59 Å². The van der Waals surface area contributed by atoms with Crippen molar-refractivity contribution in [3.05, 3.63) is 17.7 Å². The Labute approximate surface area is 243 Å². The van der Waals surface area contributed by atoms with Gasteiger partial charge in [-0.25, -0.2) is 4.79 Å². The van der Waals surface area contributed by atoms with E-state index in [9.17, 15) is 19.5 Å². The van der Waals surface area contributed by atoms with Gasteiger partial charge in [0.15, 0.2) is 11.5 Å². The van der Waals surface area contributed by atoms with Gasteiger partial charge in [-0.3, -0.25) is 14.5 Å². The number of benzene rings is 1. The minimum atomic E-state index is -0.914. The third-order valence-corrected chi connectivity index (χ3v) is 8.61. The smallest absolute Gasteiger partial charge is 0.319 e. The molecule has 1 N–H and O–H groups in total. The normalized spacial score (nSPS) is 22.3. The third-order valence-electron chi connectivity index (χ3n) is 8.61. The Hall–Kier alpha value is -3.21. The summed E-state index contributed by atoms with van der Waals surface area (Å²) in [7, 11) is 3.34. The lowest BCUT2D eigenvalue weighted by atomic mass is 9.84. The van der Waals surface area contributed by atoms with Crippen LogP contribution in [0.4, 0.5) is 4.79 Å². The Morgan fingerprint density at radius 2 is 1.85 bits per heavy atom. The first-order valence-electron chi connectivity index (χ1n) is 15.0. The van der Waals surface area contributed by atoms with Crippen molar-refractivity contribution < 1.29 is 33.7 Å². The number of likely N-dealkylation sites (tertiary alicyclic amines) is 1. The number of unbranched alkanes of at least 4 members (excludes halogenated alkanes) is 2. The van der Waals surface area contributed by atoms with Gasteiger partial charge >= 0.3 is 12.0 Å². The number of ether oxygens (including phenoxy) is 3. The molecule has 0 bridgehead atoms. The molecule has 4 rings (SSSR count). The zero-order chi connectivity index (χ0) is 29.5. The van der Waals surface area contributed by atoms with E-state index in [2.05, 4.69) is 13.8 Å². The van der Waals surface area contributed by atoms with Crippen molar-refractivity contribution in [1.82, 2.24) is 19.6 Å².